The molecule has 0 radical (unpaired) electrons. The third kappa shape index (κ3) is 3.23. The second kappa shape index (κ2) is 5.83. The molecule has 7 nitrogen and oxygen atoms in total. The average Bonchev–Trinajstić information content (AvgIpc) is 3.31. The minimum absolute atomic E-state index is 0.0691. The summed E-state index contributed by atoms with van der Waals surface area (Å²) in [7, 11) is 1.53. The lowest BCUT2D eigenvalue weighted by Crippen LogP contribution is -2.34. The molecule has 2 aliphatic rings. The Morgan fingerprint density at radius 2 is 1.96 bits per heavy atom. The molecule has 1 saturated carbocycles. The molecule has 1 fully saturated rings. The van der Waals surface area contributed by atoms with Crippen molar-refractivity contribution in [2.24, 2.45) is 11.0 Å². The first-order valence-electron chi connectivity index (χ1n) is 7.44. The third-order valence-corrected chi connectivity index (χ3v) is 4.17. The summed E-state index contributed by atoms with van der Waals surface area (Å²) in [5.41, 5.74) is 1.91. The molecule has 0 bridgehead atoms. The minimum atomic E-state index is -0.763. The molecule has 2 N–H and O–H groups in total. The Balaban J connectivity index is 1.63. The Morgan fingerprint density at radius 3 is 2.52 bits per heavy atom. The predicted molar refractivity (Wildman–Crippen MR) is 83.0 cm³/mol. The number of amides is 2. The fraction of sp³-hybridized carbons (Fsp3) is 0.375. The number of hydrogen-bond donors (Lipinski definition) is 2. The fourth-order valence-electron chi connectivity index (χ4n) is 2.69. The Hall–Kier alpha value is -2.70. The highest BCUT2D eigenvalue weighted by atomic mass is 16.4. The summed E-state index contributed by atoms with van der Waals surface area (Å²) in [5, 5.41) is 16.8. The Morgan fingerprint density at radius 1 is 1.26 bits per heavy atom. The van der Waals surface area contributed by atoms with Crippen LogP contribution in [0.5, 0.6) is 0 Å². The van der Waals surface area contributed by atoms with Gasteiger partial charge in [0.05, 0.1) is 5.92 Å². The third-order valence-electron chi connectivity index (χ3n) is 4.17. The highest BCUT2D eigenvalue weighted by molar-refractivity contribution is 6.43. The smallest absolute Gasteiger partial charge is 0.307 e. The van der Waals surface area contributed by atoms with Gasteiger partial charge in [-0.1, -0.05) is 12.1 Å². The Kier molecular flexibility index (Phi) is 3.85. The molecular weight excluding hydrogens is 298 g/mol. The molecule has 0 unspecified atom stereocenters. The summed E-state index contributed by atoms with van der Waals surface area (Å²) < 4.78 is 0. The minimum Gasteiger partial charge on any atom is -0.481 e. The number of anilines is 1. The quantitative estimate of drug-likeness (QED) is 0.877. The van der Waals surface area contributed by atoms with Crippen LogP contribution in [-0.2, 0) is 14.4 Å². The number of hydrogen-bond acceptors (Lipinski definition) is 4. The van der Waals surface area contributed by atoms with Crippen LogP contribution in [-0.4, -0.2) is 40.7 Å². The number of aliphatic carboxylic acids is 1. The Labute approximate surface area is 133 Å². The van der Waals surface area contributed by atoms with E-state index in [2.05, 4.69) is 10.4 Å². The van der Waals surface area contributed by atoms with E-state index in [-0.39, 0.29) is 30.1 Å². The van der Waals surface area contributed by atoms with Crippen molar-refractivity contribution < 1.29 is 19.5 Å². The van der Waals surface area contributed by atoms with E-state index in [4.69, 9.17) is 5.11 Å². The molecule has 7 heteroatoms. The lowest BCUT2D eigenvalue weighted by molar-refractivity contribution is -0.138. The van der Waals surface area contributed by atoms with E-state index in [1.54, 1.807) is 12.1 Å². The van der Waals surface area contributed by atoms with Crippen molar-refractivity contribution in [2.45, 2.75) is 25.2 Å². The van der Waals surface area contributed by atoms with Crippen LogP contribution in [0.4, 0.5) is 5.69 Å². The van der Waals surface area contributed by atoms with Gasteiger partial charge in [-0.05, 0) is 30.0 Å². The van der Waals surface area contributed by atoms with Crippen LogP contribution in [0.2, 0.25) is 0 Å². The first-order chi connectivity index (χ1) is 11.0. The number of carboxylic acid groups (broad SMARTS) is 1. The monoisotopic (exact) mass is 315 g/mol. The first kappa shape index (κ1) is 15.2. The normalized spacial score (nSPS) is 23.3. The van der Waals surface area contributed by atoms with E-state index >= 15 is 0 Å². The maximum absolute atomic E-state index is 12.1. The molecule has 0 saturated heterocycles. The van der Waals surface area contributed by atoms with Gasteiger partial charge < -0.3 is 10.4 Å². The summed E-state index contributed by atoms with van der Waals surface area (Å²) in [5.74, 6) is -1.42. The average molecular weight is 315 g/mol. The molecule has 0 aromatic heterocycles. The largest absolute Gasteiger partial charge is 0.481 e. The molecule has 1 aliphatic heterocycles. The summed E-state index contributed by atoms with van der Waals surface area (Å²) in [6, 6.07) is 7.18. The first-order valence-corrected chi connectivity index (χ1v) is 7.44. The second-order valence-electron chi connectivity index (χ2n) is 5.83. The maximum Gasteiger partial charge on any atom is 0.307 e. The van der Waals surface area contributed by atoms with Crippen LogP contribution < -0.4 is 5.32 Å². The molecule has 0 spiro atoms. The number of carboxylic acids is 1. The van der Waals surface area contributed by atoms with Gasteiger partial charge in [0.25, 0.3) is 5.91 Å². The van der Waals surface area contributed by atoms with Crippen LogP contribution in [0.15, 0.2) is 29.4 Å². The van der Waals surface area contributed by atoms with Crippen LogP contribution in [0.1, 0.15) is 30.7 Å². The van der Waals surface area contributed by atoms with Gasteiger partial charge in [0, 0.05) is 25.6 Å². The number of benzene rings is 1. The van der Waals surface area contributed by atoms with Gasteiger partial charge in [-0.2, -0.15) is 5.10 Å². The predicted octanol–water partition coefficient (Wildman–Crippen LogP) is 1.42. The van der Waals surface area contributed by atoms with Crippen molar-refractivity contribution in [3.8, 4) is 0 Å². The van der Waals surface area contributed by atoms with Crippen molar-refractivity contribution in [1.29, 1.82) is 0 Å². The van der Waals surface area contributed by atoms with Crippen molar-refractivity contribution >= 4 is 29.2 Å². The summed E-state index contributed by atoms with van der Waals surface area (Å²) in [6.45, 7) is 0. The number of hydrazone groups is 1. The van der Waals surface area contributed by atoms with Crippen molar-refractivity contribution in [3.63, 3.8) is 0 Å². The van der Waals surface area contributed by atoms with E-state index in [0.717, 1.165) is 5.56 Å². The molecule has 1 aliphatic carbocycles. The molecule has 1 heterocycles. The summed E-state index contributed by atoms with van der Waals surface area (Å²) >= 11 is 0. The van der Waals surface area contributed by atoms with Gasteiger partial charge >= 0.3 is 5.97 Å². The molecule has 2 amide bonds. The second-order valence-corrected chi connectivity index (χ2v) is 5.83. The molecule has 3 rings (SSSR count). The number of nitrogens with zero attached hydrogens (tertiary/aromatic N) is 2. The van der Waals surface area contributed by atoms with Gasteiger partial charge in [0.2, 0.25) is 5.91 Å². The number of nitrogens with one attached hydrogen (secondary N) is 1. The zero-order valence-electron chi connectivity index (χ0n) is 12.7. The lowest BCUT2D eigenvalue weighted by atomic mass is 10.1. The van der Waals surface area contributed by atoms with Gasteiger partial charge in [0.15, 0.2) is 0 Å². The maximum atomic E-state index is 12.1. The number of rotatable bonds is 4. The fourth-order valence-corrected chi connectivity index (χ4v) is 2.69. The van der Waals surface area contributed by atoms with Gasteiger partial charge in [-0.25, -0.2) is 5.01 Å². The Bertz CT molecular complexity index is 696. The standard InChI is InChI=1S/C16H17N3O4/c1-19-14(20)7-6-13(18-19)15(21)17-10-4-2-9(3-5-10)11-8-12(11)16(22)23/h2-5,11-12H,6-8H2,1H3,(H,17,21)(H,22,23)/t11-,12+/m0/s1. The SMILES string of the molecule is CN1N=C(C(=O)Nc2ccc([C@@H]3C[C@H]3C(=O)O)cc2)CCC1=O. The number of carbonyl (C=O) groups is 3. The molecule has 1 aromatic carbocycles. The molecule has 2 atom stereocenters. The van der Waals surface area contributed by atoms with E-state index in [0.29, 0.717) is 24.2 Å². The number of carbonyl (C=O) groups excluding carboxylic acids is 2. The van der Waals surface area contributed by atoms with Gasteiger partial charge in [0.1, 0.15) is 5.71 Å². The van der Waals surface area contributed by atoms with Crippen molar-refractivity contribution in [3.05, 3.63) is 29.8 Å². The molecular formula is C16H17N3O4. The van der Waals surface area contributed by atoms with E-state index in [9.17, 15) is 14.4 Å². The van der Waals surface area contributed by atoms with Gasteiger partial charge in [-0.3, -0.25) is 14.4 Å². The highest BCUT2D eigenvalue weighted by Gasteiger charge is 2.44. The van der Waals surface area contributed by atoms with Crippen LogP contribution in [0.25, 0.3) is 0 Å². The van der Waals surface area contributed by atoms with Crippen molar-refractivity contribution in [1.82, 2.24) is 5.01 Å². The van der Waals surface area contributed by atoms with Gasteiger partial charge in [-0.15, -0.1) is 0 Å². The van der Waals surface area contributed by atoms with E-state index < -0.39 is 5.97 Å². The van der Waals surface area contributed by atoms with Crippen LogP contribution in [0.3, 0.4) is 0 Å². The molecule has 120 valence electrons. The molecule has 1 aromatic rings. The van der Waals surface area contributed by atoms with Crippen LogP contribution in [0, 0.1) is 5.92 Å². The van der Waals surface area contributed by atoms with E-state index in [1.807, 2.05) is 12.1 Å². The zero-order valence-corrected chi connectivity index (χ0v) is 12.7. The summed E-state index contributed by atoms with van der Waals surface area (Å²) in [6.07, 6.45) is 1.27. The van der Waals surface area contributed by atoms with E-state index in [1.165, 1.54) is 12.1 Å². The lowest BCUT2D eigenvalue weighted by Gasteiger charge is -2.18. The topological polar surface area (TPSA) is 99.1 Å². The molecule has 23 heavy (non-hydrogen) atoms. The zero-order chi connectivity index (χ0) is 16.6. The summed E-state index contributed by atoms with van der Waals surface area (Å²) in [4.78, 5) is 34.4. The highest BCUT2D eigenvalue weighted by Crippen LogP contribution is 2.47. The van der Waals surface area contributed by atoms with Crippen molar-refractivity contribution in [2.75, 3.05) is 12.4 Å². The van der Waals surface area contributed by atoms with Crippen LogP contribution >= 0.6 is 0 Å².